The zero-order chi connectivity index (χ0) is 8.72. The number of fused-ring (bicyclic) bond motifs is 1. The van der Waals surface area contributed by atoms with Crippen LogP contribution < -0.4 is 4.74 Å². The lowest BCUT2D eigenvalue weighted by Gasteiger charge is -2.00. The maximum absolute atomic E-state index is 12.8. The number of benzene rings is 1. The molecule has 0 aromatic heterocycles. The third-order valence-electron chi connectivity index (χ3n) is 1.78. The molecule has 0 fully saturated rings. The van der Waals surface area contributed by atoms with Crippen LogP contribution in [0.25, 0.3) is 0 Å². The Hall–Kier alpha value is -1.16. The Morgan fingerprint density at radius 1 is 1.42 bits per heavy atom. The fraction of sp³-hybridized carbons (Fsp3) is 0.250. The van der Waals surface area contributed by atoms with Gasteiger partial charge in [0.25, 0.3) is 0 Å². The monoisotopic (exact) mass is 172 g/mol. The predicted octanol–water partition coefficient (Wildman–Crippen LogP) is 1.39. The molecule has 2 nitrogen and oxygen atoms in total. The van der Waals surface area contributed by atoms with Crippen LogP contribution in [0.15, 0.2) is 12.1 Å². The van der Waals surface area contributed by atoms with Gasteiger partial charge in [-0.05, 0) is 6.07 Å². The molecule has 1 heterocycles. The molecule has 0 bridgehead atoms. The normalized spacial score (nSPS) is 20.4. The van der Waals surface area contributed by atoms with Gasteiger partial charge in [-0.2, -0.15) is 0 Å². The Kier molecular flexibility index (Phi) is 1.51. The molecule has 1 N–H and O–H groups in total. The molecule has 4 heteroatoms. The van der Waals surface area contributed by atoms with Gasteiger partial charge in [0.05, 0.1) is 0 Å². The van der Waals surface area contributed by atoms with E-state index in [1.54, 1.807) is 0 Å². The highest BCUT2D eigenvalue weighted by Crippen LogP contribution is 2.34. The fourth-order valence-electron chi connectivity index (χ4n) is 1.23. The Labute approximate surface area is 67.4 Å². The summed E-state index contributed by atoms with van der Waals surface area (Å²) >= 11 is 0. The number of halogens is 2. The molecule has 64 valence electrons. The molecule has 2 rings (SSSR count). The topological polar surface area (TPSA) is 29.5 Å². The first kappa shape index (κ1) is 7.49. The summed E-state index contributed by atoms with van der Waals surface area (Å²) in [5.74, 6) is -1.50. The molecule has 1 aliphatic rings. The maximum Gasteiger partial charge on any atom is 0.168 e. The molecule has 0 saturated carbocycles. The van der Waals surface area contributed by atoms with E-state index in [9.17, 15) is 13.9 Å². The summed E-state index contributed by atoms with van der Waals surface area (Å²) < 4.78 is 30.2. The van der Waals surface area contributed by atoms with Crippen LogP contribution in [0.2, 0.25) is 0 Å². The smallest absolute Gasteiger partial charge is 0.168 e. The molecule has 0 amide bonds. The zero-order valence-corrected chi connectivity index (χ0v) is 6.05. The highest BCUT2D eigenvalue weighted by atomic mass is 19.1. The quantitative estimate of drug-likeness (QED) is 0.640. The van der Waals surface area contributed by atoms with Crippen LogP contribution in [0.3, 0.4) is 0 Å². The van der Waals surface area contributed by atoms with Crippen molar-refractivity contribution in [1.29, 1.82) is 0 Å². The molecule has 0 spiro atoms. The summed E-state index contributed by atoms with van der Waals surface area (Å²) in [6.45, 7) is -0.00426. The van der Waals surface area contributed by atoms with Gasteiger partial charge in [0.1, 0.15) is 18.5 Å². The highest BCUT2D eigenvalue weighted by molar-refractivity contribution is 5.40. The lowest BCUT2D eigenvalue weighted by atomic mass is 10.1. The van der Waals surface area contributed by atoms with Crippen LogP contribution in [-0.4, -0.2) is 11.7 Å². The highest BCUT2D eigenvalue weighted by Gasteiger charge is 2.25. The van der Waals surface area contributed by atoms with Gasteiger partial charge in [0.2, 0.25) is 0 Å². The summed E-state index contributed by atoms with van der Waals surface area (Å²) in [6.07, 6.45) is -0.912. The van der Waals surface area contributed by atoms with E-state index < -0.39 is 17.7 Å². The molecule has 12 heavy (non-hydrogen) atoms. The first-order chi connectivity index (χ1) is 5.68. The van der Waals surface area contributed by atoms with Crippen molar-refractivity contribution in [3.05, 3.63) is 29.3 Å². The number of rotatable bonds is 0. The maximum atomic E-state index is 12.8. The van der Waals surface area contributed by atoms with Crippen molar-refractivity contribution in [2.24, 2.45) is 0 Å². The van der Waals surface area contributed by atoms with Gasteiger partial charge < -0.3 is 9.84 Å². The van der Waals surface area contributed by atoms with Crippen molar-refractivity contribution < 1.29 is 18.6 Å². The first-order valence-electron chi connectivity index (χ1n) is 3.48. The van der Waals surface area contributed by atoms with Crippen LogP contribution in [0.1, 0.15) is 11.7 Å². The number of aliphatic hydroxyl groups is 1. The lowest BCUT2D eigenvalue weighted by molar-refractivity contribution is 0.139. The van der Waals surface area contributed by atoms with Crippen LogP contribution in [-0.2, 0) is 0 Å². The molecule has 1 aliphatic heterocycles. The van der Waals surface area contributed by atoms with Crippen molar-refractivity contribution >= 4 is 0 Å². The van der Waals surface area contributed by atoms with Crippen molar-refractivity contribution in [3.8, 4) is 5.75 Å². The molecule has 1 aromatic carbocycles. The minimum atomic E-state index is -0.912. The minimum absolute atomic E-state index is 0.00426. The summed E-state index contributed by atoms with van der Waals surface area (Å²) in [5, 5.41) is 9.17. The van der Waals surface area contributed by atoms with Crippen molar-refractivity contribution in [3.63, 3.8) is 0 Å². The second-order valence-electron chi connectivity index (χ2n) is 2.63. The Morgan fingerprint density at radius 2 is 2.17 bits per heavy atom. The number of hydrogen-bond donors (Lipinski definition) is 1. The first-order valence-corrected chi connectivity index (χ1v) is 3.48. The van der Waals surface area contributed by atoms with Crippen LogP contribution >= 0.6 is 0 Å². The summed E-state index contributed by atoms with van der Waals surface area (Å²) in [7, 11) is 0. The van der Waals surface area contributed by atoms with E-state index in [0.29, 0.717) is 0 Å². The molecular weight excluding hydrogens is 166 g/mol. The van der Waals surface area contributed by atoms with Gasteiger partial charge in [0.15, 0.2) is 11.6 Å². The zero-order valence-electron chi connectivity index (χ0n) is 6.05. The third-order valence-corrected chi connectivity index (χ3v) is 1.78. The van der Waals surface area contributed by atoms with E-state index >= 15 is 0 Å². The second kappa shape index (κ2) is 2.42. The molecule has 1 aromatic rings. The fourth-order valence-corrected chi connectivity index (χ4v) is 1.23. The van der Waals surface area contributed by atoms with E-state index in [0.717, 1.165) is 12.1 Å². The van der Waals surface area contributed by atoms with E-state index in [2.05, 4.69) is 0 Å². The van der Waals surface area contributed by atoms with Crippen LogP contribution in [0, 0.1) is 11.6 Å². The van der Waals surface area contributed by atoms with Crippen molar-refractivity contribution in [2.45, 2.75) is 6.10 Å². The minimum Gasteiger partial charge on any atom is -0.487 e. The number of hydrogen-bond acceptors (Lipinski definition) is 2. The summed E-state index contributed by atoms with van der Waals surface area (Å²) in [6, 6.07) is 1.81. The van der Waals surface area contributed by atoms with Gasteiger partial charge in [-0.15, -0.1) is 0 Å². The molecular formula is C8H6F2O2. The van der Waals surface area contributed by atoms with Gasteiger partial charge >= 0.3 is 0 Å². The summed E-state index contributed by atoms with van der Waals surface area (Å²) in [5.41, 5.74) is 0.188. The SMILES string of the molecule is OC1COc2c(F)cc(F)cc21. The third kappa shape index (κ3) is 0.956. The number of ether oxygens (including phenoxy) is 1. The standard InChI is InChI=1S/C8H6F2O2/c9-4-1-5-7(11)3-12-8(5)6(10)2-4/h1-2,7,11H,3H2. The second-order valence-corrected chi connectivity index (χ2v) is 2.63. The Balaban J connectivity index is 2.60. The van der Waals surface area contributed by atoms with E-state index in [1.165, 1.54) is 0 Å². The molecule has 0 saturated heterocycles. The molecule has 1 atom stereocenters. The Bertz CT molecular complexity index is 325. The van der Waals surface area contributed by atoms with E-state index in [1.807, 2.05) is 0 Å². The van der Waals surface area contributed by atoms with Crippen LogP contribution in [0.4, 0.5) is 8.78 Å². The van der Waals surface area contributed by atoms with Gasteiger partial charge in [-0.1, -0.05) is 0 Å². The largest absolute Gasteiger partial charge is 0.487 e. The predicted molar refractivity (Wildman–Crippen MR) is 36.8 cm³/mol. The van der Waals surface area contributed by atoms with Crippen LogP contribution in [0.5, 0.6) is 5.75 Å². The van der Waals surface area contributed by atoms with Crippen molar-refractivity contribution in [2.75, 3.05) is 6.61 Å². The lowest BCUT2D eigenvalue weighted by Crippen LogP contribution is -1.97. The van der Waals surface area contributed by atoms with Crippen molar-refractivity contribution in [1.82, 2.24) is 0 Å². The van der Waals surface area contributed by atoms with Gasteiger partial charge in [0, 0.05) is 11.6 Å². The average molecular weight is 172 g/mol. The molecule has 0 aliphatic carbocycles. The molecule has 0 radical (unpaired) electrons. The average Bonchev–Trinajstić information content (AvgIpc) is 2.33. The Morgan fingerprint density at radius 3 is 2.92 bits per heavy atom. The van der Waals surface area contributed by atoms with Gasteiger partial charge in [-0.3, -0.25) is 0 Å². The van der Waals surface area contributed by atoms with E-state index in [-0.39, 0.29) is 17.9 Å². The van der Waals surface area contributed by atoms with E-state index in [4.69, 9.17) is 4.74 Å². The summed E-state index contributed by atoms with van der Waals surface area (Å²) in [4.78, 5) is 0. The number of aliphatic hydroxyl groups excluding tert-OH is 1. The van der Waals surface area contributed by atoms with Gasteiger partial charge in [-0.25, -0.2) is 8.78 Å². The molecule has 1 unspecified atom stereocenters.